The van der Waals surface area contributed by atoms with E-state index in [0.717, 1.165) is 9.87 Å². The number of hydrogen-bond donors (Lipinski definition) is 1. The third kappa shape index (κ3) is 3.85. The number of rotatable bonds is 5. The maximum atomic E-state index is 13.0. The van der Waals surface area contributed by atoms with Crippen molar-refractivity contribution in [1.82, 2.24) is 14.8 Å². The van der Waals surface area contributed by atoms with Crippen LogP contribution < -0.4 is 9.62 Å². The van der Waals surface area contributed by atoms with E-state index in [1.54, 1.807) is 25.2 Å². The highest BCUT2D eigenvalue weighted by atomic mass is 35.5. The van der Waals surface area contributed by atoms with Crippen LogP contribution in [-0.4, -0.2) is 36.1 Å². The molecule has 0 bridgehead atoms. The highest BCUT2D eigenvalue weighted by molar-refractivity contribution is 7.92. The Morgan fingerprint density at radius 1 is 1.21 bits per heavy atom. The number of amides is 1. The van der Waals surface area contributed by atoms with Gasteiger partial charge in [-0.1, -0.05) is 29.3 Å². The Balaban J connectivity index is 1.95. The molecule has 8 nitrogen and oxygen atoms in total. The maximum absolute atomic E-state index is 13.0. The predicted octanol–water partition coefficient (Wildman–Crippen LogP) is 2.85. The van der Waals surface area contributed by atoms with Crippen LogP contribution in [0, 0.1) is 6.92 Å². The van der Waals surface area contributed by atoms with E-state index in [1.165, 1.54) is 42.3 Å². The monoisotopic (exact) mass is 419 g/mol. The van der Waals surface area contributed by atoms with Crippen LogP contribution in [0.15, 0.2) is 53.7 Å². The molecule has 1 N–H and O–H groups in total. The molecule has 146 valence electrons. The molecule has 3 rings (SSSR count). The number of anilines is 2. The molecule has 0 fully saturated rings. The number of nitrogens with one attached hydrogen (secondary N) is 1. The summed E-state index contributed by atoms with van der Waals surface area (Å²) in [6.07, 6.45) is 2.76. The Bertz CT molecular complexity index is 1130. The number of carbonyl (C=O) groups excluding carboxylic acids is 1. The van der Waals surface area contributed by atoms with Gasteiger partial charge in [0.1, 0.15) is 11.4 Å². The Labute approximate surface area is 167 Å². The van der Waals surface area contributed by atoms with Crippen molar-refractivity contribution >= 4 is 39.2 Å². The molecule has 0 saturated heterocycles. The summed E-state index contributed by atoms with van der Waals surface area (Å²) in [7, 11) is -0.945. The van der Waals surface area contributed by atoms with Gasteiger partial charge in [-0.3, -0.25) is 13.8 Å². The zero-order chi connectivity index (χ0) is 20.5. The molecular formula is C18H18ClN5O3S. The second-order valence-corrected chi connectivity index (χ2v) is 8.51. The predicted molar refractivity (Wildman–Crippen MR) is 107 cm³/mol. The van der Waals surface area contributed by atoms with Crippen molar-refractivity contribution in [3.63, 3.8) is 0 Å². The third-order valence-corrected chi connectivity index (χ3v) is 6.09. The Hall–Kier alpha value is -2.91. The first-order valence-electron chi connectivity index (χ1n) is 8.20. The normalized spacial score (nSPS) is 11.3. The van der Waals surface area contributed by atoms with Crippen molar-refractivity contribution < 1.29 is 13.2 Å². The summed E-state index contributed by atoms with van der Waals surface area (Å²) < 4.78 is 28.3. The van der Waals surface area contributed by atoms with Gasteiger partial charge in [-0.15, -0.1) is 0 Å². The standard InChI is InChI=1S/C18H18ClN5O3S/c1-12-4-6-14(7-5-12)28(26,27)24(3)18-15(11-21-23(18)2)17(25)22-16-10-13(19)8-9-20-16/h4-11H,1-3H3,(H,20,22,25). The lowest BCUT2D eigenvalue weighted by Crippen LogP contribution is -2.30. The van der Waals surface area contributed by atoms with E-state index >= 15 is 0 Å². The van der Waals surface area contributed by atoms with Crippen LogP contribution in [0.25, 0.3) is 0 Å². The number of carbonyl (C=O) groups is 1. The first-order chi connectivity index (χ1) is 13.2. The molecule has 0 aliphatic carbocycles. The van der Waals surface area contributed by atoms with Crippen LogP contribution in [-0.2, 0) is 17.1 Å². The maximum Gasteiger partial charge on any atom is 0.265 e. The highest BCUT2D eigenvalue weighted by Crippen LogP contribution is 2.26. The average molecular weight is 420 g/mol. The first-order valence-corrected chi connectivity index (χ1v) is 10.0. The molecule has 10 heteroatoms. The summed E-state index contributed by atoms with van der Waals surface area (Å²) in [5.74, 6) is -0.180. The summed E-state index contributed by atoms with van der Waals surface area (Å²) in [5, 5.41) is 7.05. The fraction of sp³-hybridized carbons (Fsp3) is 0.167. The lowest BCUT2D eigenvalue weighted by molar-refractivity contribution is 0.102. The topological polar surface area (TPSA) is 97.2 Å². The Kier molecular flexibility index (Phi) is 5.39. The van der Waals surface area contributed by atoms with Gasteiger partial charge in [-0.25, -0.2) is 13.4 Å². The van der Waals surface area contributed by atoms with Gasteiger partial charge in [0.05, 0.1) is 11.1 Å². The summed E-state index contributed by atoms with van der Waals surface area (Å²) in [6.45, 7) is 1.87. The smallest absolute Gasteiger partial charge is 0.265 e. The minimum atomic E-state index is -3.88. The van der Waals surface area contributed by atoms with Crippen LogP contribution in [0.5, 0.6) is 0 Å². The minimum Gasteiger partial charge on any atom is -0.306 e. The Morgan fingerprint density at radius 3 is 2.54 bits per heavy atom. The molecule has 1 amide bonds. The molecule has 2 heterocycles. The number of aromatic nitrogens is 3. The zero-order valence-electron chi connectivity index (χ0n) is 15.4. The molecule has 0 spiro atoms. The number of halogens is 1. The first kappa shape index (κ1) is 19.8. The summed E-state index contributed by atoms with van der Waals surface area (Å²) >= 11 is 5.90. The SMILES string of the molecule is Cc1ccc(S(=O)(=O)N(C)c2c(C(=O)Nc3cc(Cl)ccn3)cnn2C)cc1. The molecule has 0 aliphatic rings. The average Bonchev–Trinajstić information content (AvgIpc) is 3.03. The highest BCUT2D eigenvalue weighted by Gasteiger charge is 2.28. The van der Waals surface area contributed by atoms with Crippen LogP contribution in [0.2, 0.25) is 5.02 Å². The third-order valence-electron chi connectivity index (χ3n) is 4.09. The number of aryl methyl sites for hydroxylation is 2. The van der Waals surface area contributed by atoms with Crippen LogP contribution in [0.4, 0.5) is 11.6 Å². The van der Waals surface area contributed by atoms with Gasteiger partial charge in [-0.05, 0) is 31.2 Å². The summed E-state index contributed by atoms with van der Waals surface area (Å²) in [6, 6.07) is 9.53. The molecule has 28 heavy (non-hydrogen) atoms. The van der Waals surface area contributed by atoms with Crippen molar-refractivity contribution in [2.24, 2.45) is 7.05 Å². The van der Waals surface area contributed by atoms with Gasteiger partial charge in [0.2, 0.25) is 0 Å². The number of pyridine rings is 1. The number of nitrogens with zero attached hydrogens (tertiary/aromatic N) is 4. The second kappa shape index (κ2) is 7.61. The van der Waals surface area contributed by atoms with E-state index in [1.807, 2.05) is 6.92 Å². The number of benzene rings is 1. The van der Waals surface area contributed by atoms with Crippen LogP contribution in [0.3, 0.4) is 0 Å². The largest absolute Gasteiger partial charge is 0.306 e. The fourth-order valence-corrected chi connectivity index (χ4v) is 4.00. The van der Waals surface area contributed by atoms with Gasteiger partial charge >= 0.3 is 0 Å². The van der Waals surface area contributed by atoms with E-state index < -0.39 is 15.9 Å². The molecule has 0 saturated carbocycles. The van der Waals surface area contributed by atoms with Crippen LogP contribution >= 0.6 is 11.6 Å². The second-order valence-electron chi connectivity index (χ2n) is 6.10. The lowest BCUT2D eigenvalue weighted by Gasteiger charge is -2.21. The van der Waals surface area contributed by atoms with Gasteiger partial charge < -0.3 is 5.32 Å². The molecular weight excluding hydrogens is 402 g/mol. The number of hydrogen-bond acceptors (Lipinski definition) is 5. The summed E-state index contributed by atoms with van der Waals surface area (Å²) in [4.78, 5) is 16.8. The van der Waals surface area contributed by atoms with Gasteiger partial charge in [0.15, 0.2) is 5.82 Å². The van der Waals surface area contributed by atoms with E-state index in [0.29, 0.717) is 5.02 Å². The zero-order valence-corrected chi connectivity index (χ0v) is 17.0. The summed E-state index contributed by atoms with van der Waals surface area (Å²) in [5.41, 5.74) is 1.03. The van der Waals surface area contributed by atoms with E-state index in [2.05, 4.69) is 15.4 Å². The van der Waals surface area contributed by atoms with Crippen molar-refractivity contribution in [1.29, 1.82) is 0 Å². The number of sulfonamides is 1. The molecule has 2 aromatic heterocycles. The van der Waals surface area contributed by atoms with Crippen LogP contribution in [0.1, 0.15) is 15.9 Å². The van der Waals surface area contributed by atoms with E-state index in [-0.39, 0.29) is 22.1 Å². The van der Waals surface area contributed by atoms with Crippen molar-refractivity contribution in [2.45, 2.75) is 11.8 Å². The molecule has 0 radical (unpaired) electrons. The van der Waals surface area contributed by atoms with E-state index in [9.17, 15) is 13.2 Å². The Morgan fingerprint density at radius 2 is 1.89 bits per heavy atom. The molecule has 3 aromatic rings. The molecule has 0 aliphatic heterocycles. The quantitative estimate of drug-likeness (QED) is 0.685. The van der Waals surface area contributed by atoms with Crippen molar-refractivity contribution in [3.05, 3.63) is 64.9 Å². The van der Waals surface area contributed by atoms with E-state index in [4.69, 9.17) is 11.6 Å². The molecule has 0 atom stereocenters. The fourth-order valence-electron chi connectivity index (χ4n) is 2.60. The van der Waals surface area contributed by atoms with Gasteiger partial charge in [0, 0.05) is 25.3 Å². The van der Waals surface area contributed by atoms with Crippen molar-refractivity contribution in [2.75, 3.05) is 16.7 Å². The molecule has 0 unspecified atom stereocenters. The van der Waals surface area contributed by atoms with Gasteiger partial charge in [-0.2, -0.15) is 5.10 Å². The minimum absolute atomic E-state index is 0.0856. The van der Waals surface area contributed by atoms with Gasteiger partial charge in [0.25, 0.3) is 15.9 Å². The molecule has 1 aromatic carbocycles. The van der Waals surface area contributed by atoms with Crippen molar-refractivity contribution in [3.8, 4) is 0 Å². The lowest BCUT2D eigenvalue weighted by atomic mass is 10.2.